The average Bonchev–Trinajstić information content (AvgIpc) is 3.20. The molecule has 1 aromatic heterocycles. The fourth-order valence-corrected chi connectivity index (χ4v) is 2.85. The van der Waals surface area contributed by atoms with Crippen LogP contribution in [-0.4, -0.2) is 11.8 Å². The Bertz CT molecular complexity index is 951. The van der Waals surface area contributed by atoms with E-state index in [0.717, 1.165) is 5.56 Å². The molecule has 2 aromatic carbocycles. The van der Waals surface area contributed by atoms with Gasteiger partial charge in [0, 0.05) is 17.1 Å². The maximum absolute atomic E-state index is 12.6. The lowest BCUT2D eigenvalue weighted by molar-refractivity contribution is -0.117. The first-order valence-electron chi connectivity index (χ1n) is 8.26. The van der Waals surface area contributed by atoms with Gasteiger partial charge in [-0.3, -0.25) is 9.59 Å². The van der Waals surface area contributed by atoms with E-state index in [4.69, 9.17) is 4.42 Å². The van der Waals surface area contributed by atoms with Gasteiger partial charge in [0.25, 0.3) is 11.8 Å². The molecule has 0 saturated heterocycles. The molecule has 1 heterocycles. The van der Waals surface area contributed by atoms with Crippen molar-refractivity contribution in [2.45, 2.75) is 6.54 Å². The van der Waals surface area contributed by atoms with Gasteiger partial charge in [0.1, 0.15) is 11.5 Å². The van der Waals surface area contributed by atoms with Crippen LogP contribution in [0.4, 0.5) is 0 Å². The Morgan fingerprint density at radius 2 is 1.70 bits per heavy atom. The third-order valence-corrected chi connectivity index (χ3v) is 4.43. The first-order chi connectivity index (χ1) is 13.1. The van der Waals surface area contributed by atoms with Crippen molar-refractivity contribution in [3.63, 3.8) is 0 Å². The smallest absolute Gasteiger partial charge is 0.268 e. The summed E-state index contributed by atoms with van der Waals surface area (Å²) in [7, 11) is 0. The highest BCUT2D eigenvalue weighted by molar-refractivity contribution is 9.10. The predicted octanol–water partition coefficient (Wildman–Crippen LogP) is 4.13. The molecule has 0 atom stereocenters. The topological polar surface area (TPSA) is 71.3 Å². The Kier molecular flexibility index (Phi) is 6.22. The highest BCUT2D eigenvalue weighted by Crippen LogP contribution is 2.16. The molecule has 0 bridgehead atoms. The molecule has 2 amide bonds. The highest BCUT2D eigenvalue weighted by atomic mass is 79.9. The quantitative estimate of drug-likeness (QED) is 0.584. The van der Waals surface area contributed by atoms with E-state index < -0.39 is 11.8 Å². The maximum atomic E-state index is 12.6. The summed E-state index contributed by atoms with van der Waals surface area (Å²) in [5, 5.41) is 5.48. The van der Waals surface area contributed by atoms with Gasteiger partial charge >= 0.3 is 0 Å². The van der Waals surface area contributed by atoms with E-state index in [0.29, 0.717) is 22.3 Å². The summed E-state index contributed by atoms with van der Waals surface area (Å²) in [5.41, 5.74) is 1.49. The maximum Gasteiger partial charge on any atom is 0.268 e. The van der Waals surface area contributed by atoms with Crippen molar-refractivity contribution in [3.8, 4) is 0 Å². The number of hydrogen-bond donors (Lipinski definition) is 2. The summed E-state index contributed by atoms with van der Waals surface area (Å²) in [5.74, 6) is -0.335. The number of hydrogen-bond acceptors (Lipinski definition) is 3. The molecule has 5 nitrogen and oxygen atoms in total. The average molecular weight is 425 g/mol. The fourth-order valence-electron chi connectivity index (χ4n) is 2.38. The zero-order chi connectivity index (χ0) is 19.1. The van der Waals surface area contributed by atoms with E-state index in [1.165, 1.54) is 12.3 Å². The number of benzene rings is 2. The molecular weight excluding hydrogens is 408 g/mol. The summed E-state index contributed by atoms with van der Waals surface area (Å²) < 4.78 is 5.91. The fraction of sp³-hybridized carbons (Fsp3) is 0.0476. The van der Waals surface area contributed by atoms with Crippen molar-refractivity contribution < 1.29 is 14.0 Å². The molecule has 3 rings (SSSR count). The summed E-state index contributed by atoms with van der Waals surface area (Å²) in [6.45, 7) is 0.347. The van der Waals surface area contributed by atoms with Crippen molar-refractivity contribution >= 4 is 33.8 Å². The van der Waals surface area contributed by atoms with Crippen LogP contribution >= 0.6 is 15.9 Å². The SMILES string of the molecule is O=C(NCc1ccccc1)/C(=C\c1ccco1)NC(=O)c1ccccc1Br. The first kappa shape index (κ1) is 18.7. The molecule has 0 radical (unpaired) electrons. The van der Waals surface area contributed by atoms with Crippen LogP contribution in [0, 0.1) is 0 Å². The van der Waals surface area contributed by atoms with E-state index in [1.54, 1.807) is 30.3 Å². The molecule has 0 aliphatic heterocycles. The van der Waals surface area contributed by atoms with Crippen LogP contribution < -0.4 is 10.6 Å². The summed E-state index contributed by atoms with van der Waals surface area (Å²) in [6.07, 6.45) is 3.00. The van der Waals surface area contributed by atoms with Crippen LogP contribution in [-0.2, 0) is 11.3 Å². The minimum atomic E-state index is -0.407. The lowest BCUT2D eigenvalue weighted by Crippen LogP contribution is -2.34. The zero-order valence-corrected chi connectivity index (χ0v) is 15.9. The third kappa shape index (κ3) is 5.18. The van der Waals surface area contributed by atoms with Gasteiger partial charge in [0.05, 0.1) is 11.8 Å². The van der Waals surface area contributed by atoms with E-state index in [9.17, 15) is 9.59 Å². The molecule has 0 unspecified atom stereocenters. The van der Waals surface area contributed by atoms with E-state index in [-0.39, 0.29) is 5.70 Å². The molecule has 27 heavy (non-hydrogen) atoms. The molecule has 0 aliphatic rings. The van der Waals surface area contributed by atoms with E-state index >= 15 is 0 Å². The second-order valence-electron chi connectivity index (χ2n) is 5.68. The van der Waals surface area contributed by atoms with E-state index in [2.05, 4.69) is 26.6 Å². The second-order valence-corrected chi connectivity index (χ2v) is 6.53. The minimum absolute atomic E-state index is 0.0987. The first-order valence-corrected chi connectivity index (χ1v) is 9.06. The van der Waals surface area contributed by atoms with Crippen molar-refractivity contribution in [3.05, 3.63) is 100 Å². The number of carbonyl (C=O) groups is 2. The predicted molar refractivity (Wildman–Crippen MR) is 107 cm³/mol. The Labute approximate surface area is 165 Å². The normalized spacial score (nSPS) is 11.1. The van der Waals surface area contributed by atoms with Gasteiger partial charge in [-0.25, -0.2) is 0 Å². The van der Waals surface area contributed by atoms with Gasteiger partial charge < -0.3 is 15.1 Å². The molecule has 0 spiro atoms. The summed E-state index contributed by atoms with van der Waals surface area (Å²) in [4.78, 5) is 25.2. The van der Waals surface area contributed by atoms with Crippen LogP contribution in [0.2, 0.25) is 0 Å². The van der Waals surface area contributed by atoms with Crippen molar-refractivity contribution in [2.75, 3.05) is 0 Å². The van der Waals surface area contributed by atoms with Crippen LogP contribution in [0.1, 0.15) is 21.7 Å². The Balaban J connectivity index is 1.78. The van der Waals surface area contributed by atoms with Crippen LogP contribution in [0.25, 0.3) is 6.08 Å². The van der Waals surface area contributed by atoms with Gasteiger partial charge in [-0.05, 0) is 45.8 Å². The van der Waals surface area contributed by atoms with Crippen molar-refractivity contribution in [1.82, 2.24) is 10.6 Å². The van der Waals surface area contributed by atoms with Crippen LogP contribution in [0.3, 0.4) is 0 Å². The zero-order valence-electron chi connectivity index (χ0n) is 14.3. The number of halogens is 1. The Hall–Kier alpha value is -3.12. The highest BCUT2D eigenvalue weighted by Gasteiger charge is 2.16. The molecular formula is C21H17BrN2O3. The van der Waals surface area contributed by atoms with Crippen molar-refractivity contribution in [1.29, 1.82) is 0 Å². The number of amides is 2. The molecule has 0 saturated carbocycles. The van der Waals surface area contributed by atoms with Crippen molar-refractivity contribution in [2.24, 2.45) is 0 Å². The lowest BCUT2D eigenvalue weighted by atomic mass is 10.2. The third-order valence-electron chi connectivity index (χ3n) is 3.74. The number of rotatable bonds is 6. The lowest BCUT2D eigenvalue weighted by Gasteiger charge is -2.11. The largest absolute Gasteiger partial charge is 0.465 e. The van der Waals surface area contributed by atoms with E-state index in [1.807, 2.05) is 36.4 Å². The Morgan fingerprint density at radius 1 is 0.963 bits per heavy atom. The molecule has 136 valence electrons. The minimum Gasteiger partial charge on any atom is -0.465 e. The molecule has 0 fully saturated rings. The van der Waals surface area contributed by atoms with Crippen LogP contribution in [0.15, 0.2) is 87.6 Å². The standard InChI is InChI=1S/C21H17BrN2O3/c22-18-11-5-4-10-17(18)20(25)24-19(13-16-9-6-12-27-16)21(26)23-14-15-7-2-1-3-8-15/h1-13H,14H2,(H,23,26)(H,24,25)/b19-13+. The molecule has 2 N–H and O–H groups in total. The Morgan fingerprint density at radius 3 is 2.41 bits per heavy atom. The summed E-state index contributed by atoms with van der Waals surface area (Å²) in [6, 6.07) is 19.9. The second kappa shape index (κ2) is 9.00. The van der Waals surface area contributed by atoms with Gasteiger partial charge in [0.15, 0.2) is 0 Å². The molecule has 6 heteroatoms. The number of nitrogens with one attached hydrogen (secondary N) is 2. The molecule has 3 aromatic rings. The number of carbonyl (C=O) groups excluding carboxylic acids is 2. The van der Waals surface area contributed by atoms with Gasteiger partial charge in [-0.1, -0.05) is 42.5 Å². The van der Waals surface area contributed by atoms with Gasteiger partial charge in [-0.15, -0.1) is 0 Å². The van der Waals surface area contributed by atoms with Crippen LogP contribution in [0.5, 0.6) is 0 Å². The van der Waals surface area contributed by atoms with Gasteiger partial charge in [0.2, 0.25) is 0 Å². The summed E-state index contributed by atoms with van der Waals surface area (Å²) >= 11 is 3.35. The number of furan rings is 1. The monoisotopic (exact) mass is 424 g/mol. The molecule has 0 aliphatic carbocycles. The van der Waals surface area contributed by atoms with Gasteiger partial charge in [-0.2, -0.15) is 0 Å².